The summed E-state index contributed by atoms with van der Waals surface area (Å²) in [4.78, 5) is 22.4. The Labute approximate surface area is 255 Å². The maximum absolute atomic E-state index is 14.6. The molecule has 4 N–H and O–H groups in total. The zero-order chi connectivity index (χ0) is 30.9. The predicted octanol–water partition coefficient (Wildman–Crippen LogP) is 3.21. The van der Waals surface area contributed by atoms with Crippen LogP contribution >= 0.6 is 11.3 Å². The minimum atomic E-state index is -3.15. The maximum Gasteiger partial charge on any atom is 0.321 e. The first-order valence-electron chi connectivity index (χ1n) is 14.8. The van der Waals surface area contributed by atoms with Crippen LogP contribution in [0.2, 0.25) is 0 Å². The van der Waals surface area contributed by atoms with Crippen molar-refractivity contribution in [2.24, 2.45) is 5.73 Å². The van der Waals surface area contributed by atoms with Crippen molar-refractivity contribution < 1.29 is 22.4 Å². The molecule has 16 heteroatoms. The van der Waals surface area contributed by atoms with E-state index in [1.807, 2.05) is 6.92 Å². The number of piperidine rings is 1. The number of thiophene rings is 1. The van der Waals surface area contributed by atoms with Gasteiger partial charge in [0.2, 0.25) is 23.5 Å². The number of aromatic nitrogens is 5. The first-order valence-corrected chi connectivity index (χ1v) is 15.7. The molecule has 3 saturated heterocycles. The summed E-state index contributed by atoms with van der Waals surface area (Å²) in [5, 5.41) is 14.5. The van der Waals surface area contributed by atoms with Gasteiger partial charge in [-0.1, -0.05) is 5.16 Å². The smallest absolute Gasteiger partial charge is 0.321 e. The maximum atomic E-state index is 14.6. The summed E-state index contributed by atoms with van der Waals surface area (Å²) in [6.45, 7) is 2.76. The molecule has 0 aromatic carbocycles. The van der Waals surface area contributed by atoms with E-state index in [9.17, 15) is 18.4 Å². The highest BCUT2D eigenvalue weighted by atomic mass is 32.1. The van der Waals surface area contributed by atoms with Gasteiger partial charge in [-0.3, -0.25) is 4.90 Å². The minimum absolute atomic E-state index is 0.0151. The standard InChI is InChI=1S/C28H33F3N10O2S/c1-26(6-2-4-17-19(26)16(11-32)20(34)44-17)23-35-22(39-43-23)21-36-24(40-9-5-18(33)28(30,31)13-40)38-25(37-21)42-14-27-7-3-8-41(27)12-15(29)10-27/h15,18H,2-10,12-14,33-34H2,1H3/t15-,18+,26+,27+/m1/s1. The highest BCUT2D eigenvalue weighted by Gasteiger charge is 2.50. The first kappa shape index (κ1) is 29.2. The van der Waals surface area contributed by atoms with Crippen molar-refractivity contribution in [2.45, 2.75) is 81.0 Å². The summed E-state index contributed by atoms with van der Waals surface area (Å²) >= 11 is 1.40. The van der Waals surface area contributed by atoms with Crippen molar-refractivity contribution in [1.82, 2.24) is 30.0 Å². The third-order valence-electron chi connectivity index (χ3n) is 9.62. The van der Waals surface area contributed by atoms with Crippen molar-refractivity contribution in [3.05, 3.63) is 21.9 Å². The van der Waals surface area contributed by atoms with Gasteiger partial charge in [-0.25, -0.2) is 13.2 Å². The van der Waals surface area contributed by atoms with Gasteiger partial charge in [0.15, 0.2) is 0 Å². The second-order valence-corrected chi connectivity index (χ2v) is 13.7. The number of rotatable bonds is 6. The summed E-state index contributed by atoms with van der Waals surface area (Å²) in [7, 11) is 0. The molecule has 0 saturated carbocycles. The van der Waals surface area contributed by atoms with E-state index < -0.39 is 35.6 Å². The largest absolute Gasteiger partial charge is 0.461 e. The molecule has 44 heavy (non-hydrogen) atoms. The molecular weight excluding hydrogens is 597 g/mol. The van der Waals surface area contributed by atoms with Crippen molar-refractivity contribution >= 4 is 22.3 Å². The highest BCUT2D eigenvalue weighted by Crippen LogP contribution is 2.48. The van der Waals surface area contributed by atoms with E-state index in [1.165, 1.54) is 16.2 Å². The molecule has 1 aliphatic carbocycles. The minimum Gasteiger partial charge on any atom is -0.461 e. The molecule has 0 amide bonds. The van der Waals surface area contributed by atoms with E-state index in [0.717, 1.165) is 42.7 Å². The molecule has 3 aromatic rings. The Bertz CT molecular complexity index is 1630. The number of nitriles is 1. The van der Waals surface area contributed by atoms with Crippen LogP contribution in [0.3, 0.4) is 0 Å². The van der Waals surface area contributed by atoms with Crippen LogP contribution in [0, 0.1) is 11.3 Å². The van der Waals surface area contributed by atoms with Gasteiger partial charge in [-0.2, -0.15) is 25.2 Å². The summed E-state index contributed by atoms with van der Waals surface area (Å²) < 4.78 is 55.5. The lowest BCUT2D eigenvalue weighted by atomic mass is 9.72. The molecule has 0 bridgehead atoms. The van der Waals surface area contributed by atoms with Crippen LogP contribution in [0.25, 0.3) is 11.6 Å². The van der Waals surface area contributed by atoms with Crippen LogP contribution in [0.15, 0.2) is 4.52 Å². The zero-order valence-electron chi connectivity index (χ0n) is 24.2. The van der Waals surface area contributed by atoms with Crippen molar-refractivity contribution in [3.63, 3.8) is 0 Å². The van der Waals surface area contributed by atoms with Crippen LogP contribution in [0.4, 0.5) is 24.1 Å². The van der Waals surface area contributed by atoms with Gasteiger partial charge >= 0.3 is 6.01 Å². The quantitative estimate of drug-likeness (QED) is 0.409. The fourth-order valence-electron chi connectivity index (χ4n) is 7.27. The molecule has 3 fully saturated rings. The van der Waals surface area contributed by atoms with Crippen LogP contribution in [0.5, 0.6) is 6.01 Å². The number of nitrogens with two attached hydrogens (primary N) is 2. The van der Waals surface area contributed by atoms with E-state index in [4.69, 9.17) is 20.7 Å². The van der Waals surface area contributed by atoms with Crippen molar-refractivity contribution in [3.8, 4) is 23.7 Å². The van der Waals surface area contributed by atoms with Crippen molar-refractivity contribution in [1.29, 1.82) is 5.26 Å². The Hall–Kier alpha value is -3.55. The summed E-state index contributed by atoms with van der Waals surface area (Å²) in [5.41, 5.74) is 11.8. The molecule has 4 atom stereocenters. The highest BCUT2D eigenvalue weighted by molar-refractivity contribution is 7.16. The van der Waals surface area contributed by atoms with Gasteiger partial charge in [0.25, 0.3) is 5.92 Å². The molecule has 234 valence electrons. The average Bonchev–Trinajstić information content (AvgIpc) is 3.76. The number of aryl methyl sites for hydroxylation is 1. The molecule has 6 heterocycles. The van der Waals surface area contributed by atoms with Gasteiger partial charge in [-0.05, 0) is 52.0 Å². The molecule has 12 nitrogen and oxygen atoms in total. The zero-order valence-corrected chi connectivity index (χ0v) is 25.0. The molecule has 3 aliphatic heterocycles. The SMILES string of the molecule is C[C@]1(c2nc(-c3nc(OC[C@@]45CCCN4C[C@H](F)C5)nc(N4CC[C@H](N)C(F)(F)C4)n3)no2)CCCc2sc(N)c(C#N)c21. The first-order chi connectivity index (χ1) is 21.0. The fourth-order valence-corrected chi connectivity index (χ4v) is 8.47. The average molecular weight is 631 g/mol. The number of nitrogens with zero attached hydrogens (tertiary/aromatic N) is 8. The number of anilines is 2. The molecule has 3 aromatic heterocycles. The van der Waals surface area contributed by atoms with E-state index >= 15 is 0 Å². The topological polar surface area (TPSA) is 169 Å². The molecule has 0 spiro atoms. The number of ether oxygens (including phenoxy) is 1. The third-order valence-corrected chi connectivity index (χ3v) is 10.7. The lowest BCUT2D eigenvalue weighted by Gasteiger charge is -2.36. The van der Waals surface area contributed by atoms with Crippen LogP contribution in [-0.2, 0) is 11.8 Å². The predicted molar refractivity (Wildman–Crippen MR) is 154 cm³/mol. The van der Waals surface area contributed by atoms with Crippen molar-refractivity contribution in [2.75, 3.05) is 43.4 Å². The number of fused-ring (bicyclic) bond motifs is 2. The summed E-state index contributed by atoms with van der Waals surface area (Å²) in [6.07, 6.45) is 3.45. The normalized spacial score (nSPS) is 29.8. The van der Waals surface area contributed by atoms with E-state index in [0.29, 0.717) is 30.0 Å². The van der Waals surface area contributed by atoms with Crippen LogP contribution in [-0.4, -0.2) is 86.5 Å². The van der Waals surface area contributed by atoms with Crippen LogP contribution < -0.4 is 21.1 Å². The van der Waals surface area contributed by atoms with E-state index in [1.54, 1.807) is 0 Å². The summed E-state index contributed by atoms with van der Waals surface area (Å²) in [6, 6.07) is 0.857. The number of hydrogen-bond acceptors (Lipinski definition) is 13. The molecule has 0 radical (unpaired) electrons. The molecular formula is C28H33F3N10O2S. The van der Waals surface area contributed by atoms with Gasteiger partial charge in [-0.15, -0.1) is 11.3 Å². The Balaban J connectivity index is 1.24. The van der Waals surface area contributed by atoms with Crippen LogP contribution in [0.1, 0.15) is 67.3 Å². The Kier molecular flexibility index (Phi) is 6.98. The fraction of sp³-hybridized carbons (Fsp3) is 0.643. The Morgan fingerprint density at radius 3 is 2.80 bits per heavy atom. The van der Waals surface area contributed by atoms with E-state index in [2.05, 4.69) is 36.1 Å². The third kappa shape index (κ3) is 4.76. The Morgan fingerprint density at radius 1 is 1.16 bits per heavy atom. The van der Waals surface area contributed by atoms with Gasteiger partial charge in [0.1, 0.15) is 23.8 Å². The van der Waals surface area contributed by atoms with Gasteiger partial charge in [0, 0.05) is 30.0 Å². The number of halogens is 3. The second-order valence-electron chi connectivity index (χ2n) is 12.5. The molecule has 7 rings (SSSR count). The van der Waals surface area contributed by atoms with Gasteiger partial charge < -0.3 is 25.6 Å². The van der Waals surface area contributed by atoms with Gasteiger partial charge in [0.05, 0.1) is 29.1 Å². The second kappa shape index (κ2) is 10.5. The Morgan fingerprint density at radius 2 is 2.00 bits per heavy atom. The van der Waals surface area contributed by atoms with E-state index in [-0.39, 0.29) is 49.1 Å². The molecule has 0 unspecified atom stereocenters. The number of alkyl halides is 3. The molecule has 4 aliphatic rings. The monoisotopic (exact) mass is 630 g/mol. The lowest BCUT2D eigenvalue weighted by Crippen LogP contribution is -2.55. The summed E-state index contributed by atoms with van der Waals surface area (Å²) in [5.74, 6) is -2.90. The lowest BCUT2D eigenvalue weighted by molar-refractivity contribution is -0.0304. The number of hydrogen-bond donors (Lipinski definition) is 2. The number of nitrogen functional groups attached to an aromatic ring is 1.